The monoisotopic (exact) mass is 427 g/mol. The second-order valence-corrected chi connectivity index (χ2v) is 9.40. The van der Waals surface area contributed by atoms with Crippen molar-refractivity contribution in [3.63, 3.8) is 0 Å². The molecule has 0 radical (unpaired) electrons. The fourth-order valence-corrected chi connectivity index (χ4v) is 5.51. The molecule has 7 nitrogen and oxygen atoms in total. The lowest BCUT2D eigenvalue weighted by Gasteiger charge is -2.33. The number of piperazine rings is 1. The zero-order valence-corrected chi connectivity index (χ0v) is 16.7. The van der Waals surface area contributed by atoms with Crippen molar-refractivity contribution in [3.05, 3.63) is 52.4 Å². The number of nitrogens with one attached hydrogen (secondary N) is 1. The van der Waals surface area contributed by atoms with Gasteiger partial charge in [-0.1, -0.05) is 29.8 Å². The largest absolute Gasteiger partial charge is 0.343 e. The van der Waals surface area contributed by atoms with Gasteiger partial charge in [-0.2, -0.15) is 4.31 Å². The number of benzene rings is 1. The lowest BCUT2D eigenvalue weighted by atomic mass is 10.2. The van der Waals surface area contributed by atoms with Gasteiger partial charge in [0, 0.05) is 26.2 Å². The maximum Gasteiger partial charge on any atom is 0.253 e. The third-order valence-corrected chi connectivity index (χ3v) is 7.80. The summed E-state index contributed by atoms with van der Waals surface area (Å²) < 4.78 is 26.7. The van der Waals surface area contributed by atoms with E-state index < -0.39 is 15.9 Å². The summed E-state index contributed by atoms with van der Waals surface area (Å²) in [5, 5.41) is 4.59. The molecule has 10 heteroatoms. The van der Waals surface area contributed by atoms with Crippen LogP contribution in [-0.2, 0) is 14.8 Å². The Balaban J connectivity index is 1.52. The number of sulfonamides is 1. The van der Waals surface area contributed by atoms with E-state index in [0.29, 0.717) is 14.8 Å². The Kier molecular flexibility index (Phi) is 6.15. The summed E-state index contributed by atoms with van der Waals surface area (Å²) in [6, 6.07) is 9.85. The number of amides is 2. The minimum absolute atomic E-state index is 0.165. The standard InChI is InChI=1S/C17H18ClN3O4S2/c18-14-5-2-1-4-13(14)17(23)19-12-15(22)20-7-9-21(10-8-20)27(24,25)16-6-3-11-26-16/h1-6,11H,7-10,12H2,(H,19,23). The van der Waals surface area contributed by atoms with Crippen molar-refractivity contribution in [3.8, 4) is 0 Å². The number of halogens is 1. The molecule has 0 atom stereocenters. The summed E-state index contributed by atoms with van der Waals surface area (Å²) >= 11 is 7.14. The lowest BCUT2D eigenvalue weighted by molar-refractivity contribution is -0.131. The van der Waals surface area contributed by atoms with E-state index in [1.807, 2.05) is 0 Å². The molecule has 1 saturated heterocycles. The van der Waals surface area contributed by atoms with Crippen LogP contribution in [0.2, 0.25) is 5.02 Å². The number of nitrogens with zero attached hydrogens (tertiary/aromatic N) is 2. The molecule has 2 heterocycles. The molecule has 144 valence electrons. The van der Waals surface area contributed by atoms with Gasteiger partial charge in [-0.3, -0.25) is 9.59 Å². The minimum atomic E-state index is -3.50. The molecule has 1 aromatic carbocycles. The van der Waals surface area contributed by atoms with E-state index in [4.69, 9.17) is 11.6 Å². The summed E-state index contributed by atoms with van der Waals surface area (Å²) in [5.41, 5.74) is 0.304. The number of hydrogen-bond acceptors (Lipinski definition) is 5. The fraction of sp³-hybridized carbons (Fsp3) is 0.294. The Morgan fingerprint density at radius 3 is 2.41 bits per heavy atom. The van der Waals surface area contributed by atoms with Gasteiger partial charge in [0.15, 0.2) is 0 Å². The average molecular weight is 428 g/mol. The summed E-state index contributed by atoms with van der Waals surface area (Å²) in [4.78, 5) is 26.0. The van der Waals surface area contributed by atoms with Crippen molar-refractivity contribution >= 4 is 44.8 Å². The van der Waals surface area contributed by atoms with E-state index in [1.165, 1.54) is 15.6 Å². The smallest absolute Gasteiger partial charge is 0.253 e. The lowest BCUT2D eigenvalue weighted by Crippen LogP contribution is -2.52. The van der Waals surface area contributed by atoms with Crippen molar-refractivity contribution < 1.29 is 18.0 Å². The first-order valence-electron chi connectivity index (χ1n) is 8.24. The van der Waals surface area contributed by atoms with Gasteiger partial charge < -0.3 is 10.2 Å². The summed E-state index contributed by atoms with van der Waals surface area (Å²) in [5.74, 6) is -0.684. The SMILES string of the molecule is O=C(NCC(=O)N1CCN(S(=O)(=O)c2cccs2)CC1)c1ccccc1Cl. The highest BCUT2D eigenvalue weighted by Crippen LogP contribution is 2.22. The van der Waals surface area contributed by atoms with Crippen LogP contribution < -0.4 is 5.32 Å². The first-order valence-corrected chi connectivity index (χ1v) is 10.9. The summed E-state index contributed by atoms with van der Waals surface area (Å²) in [7, 11) is -3.50. The van der Waals surface area contributed by atoms with Gasteiger partial charge in [0.05, 0.1) is 17.1 Å². The van der Waals surface area contributed by atoms with Gasteiger partial charge in [-0.05, 0) is 23.6 Å². The molecule has 27 heavy (non-hydrogen) atoms. The maximum atomic E-state index is 12.5. The molecule has 3 rings (SSSR count). The van der Waals surface area contributed by atoms with Crippen LogP contribution in [0.4, 0.5) is 0 Å². The topological polar surface area (TPSA) is 86.8 Å². The molecular formula is C17H18ClN3O4S2. The van der Waals surface area contributed by atoms with Gasteiger partial charge >= 0.3 is 0 Å². The zero-order valence-electron chi connectivity index (χ0n) is 14.3. The predicted octanol–water partition coefficient (Wildman–Crippen LogP) is 1.66. The Morgan fingerprint density at radius 1 is 1.07 bits per heavy atom. The Hall–Kier alpha value is -1.94. The van der Waals surface area contributed by atoms with E-state index in [1.54, 1.807) is 46.7 Å². The highest BCUT2D eigenvalue weighted by atomic mass is 35.5. The average Bonchev–Trinajstić information content (AvgIpc) is 3.22. The number of hydrogen-bond donors (Lipinski definition) is 1. The Morgan fingerprint density at radius 2 is 1.78 bits per heavy atom. The van der Waals surface area contributed by atoms with Gasteiger partial charge in [-0.15, -0.1) is 11.3 Å². The second kappa shape index (κ2) is 8.39. The van der Waals surface area contributed by atoms with Crippen LogP contribution in [0.25, 0.3) is 0 Å². The molecule has 1 aliphatic heterocycles. The molecule has 2 amide bonds. The van der Waals surface area contributed by atoms with Crippen LogP contribution in [0.1, 0.15) is 10.4 Å². The van der Waals surface area contributed by atoms with E-state index in [2.05, 4.69) is 5.32 Å². The van der Waals surface area contributed by atoms with Gasteiger partial charge in [0.2, 0.25) is 5.91 Å². The number of carbonyl (C=O) groups excluding carboxylic acids is 2. The minimum Gasteiger partial charge on any atom is -0.343 e. The fourth-order valence-electron chi connectivity index (χ4n) is 2.72. The second-order valence-electron chi connectivity index (χ2n) is 5.88. The van der Waals surface area contributed by atoms with Crippen molar-refractivity contribution in [2.45, 2.75) is 4.21 Å². The van der Waals surface area contributed by atoms with E-state index in [9.17, 15) is 18.0 Å². The molecule has 1 aromatic heterocycles. The molecule has 0 saturated carbocycles. The summed E-state index contributed by atoms with van der Waals surface area (Å²) in [6.45, 7) is 0.855. The number of thiophene rings is 1. The quantitative estimate of drug-likeness (QED) is 0.786. The van der Waals surface area contributed by atoms with E-state index >= 15 is 0 Å². The third-order valence-electron chi connectivity index (χ3n) is 4.20. The van der Waals surface area contributed by atoms with Crippen molar-refractivity contribution in [1.82, 2.24) is 14.5 Å². The predicted molar refractivity (Wildman–Crippen MR) is 103 cm³/mol. The number of carbonyl (C=O) groups is 2. The highest BCUT2D eigenvalue weighted by Gasteiger charge is 2.30. The van der Waals surface area contributed by atoms with Gasteiger partial charge in [0.25, 0.3) is 15.9 Å². The summed E-state index contributed by atoms with van der Waals surface area (Å²) in [6.07, 6.45) is 0. The van der Waals surface area contributed by atoms with Crippen LogP contribution >= 0.6 is 22.9 Å². The van der Waals surface area contributed by atoms with Crippen LogP contribution in [0.5, 0.6) is 0 Å². The molecule has 1 aliphatic rings. The highest BCUT2D eigenvalue weighted by molar-refractivity contribution is 7.91. The first-order chi connectivity index (χ1) is 12.9. The molecule has 2 aromatic rings. The van der Waals surface area contributed by atoms with Crippen LogP contribution in [0.15, 0.2) is 46.0 Å². The Bertz CT molecular complexity index is 923. The van der Waals surface area contributed by atoms with Gasteiger partial charge in [0.1, 0.15) is 4.21 Å². The molecule has 1 fully saturated rings. The van der Waals surface area contributed by atoms with Crippen molar-refractivity contribution in [2.24, 2.45) is 0 Å². The molecular weight excluding hydrogens is 410 g/mol. The van der Waals surface area contributed by atoms with Crippen molar-refractivity contribution in [2.75, 3.05) is 32.7 Å². The molecule has 0 bridgehead atoms. The molecule has 0 unspecified atom stereocenters. The van der Waals surface area contributed by atoms with Crippen LogP contribution in [0, 0.1) is 0 Å². The maximum absolute atomic E-state index is 12.5. The Labute approximate surface area is 166 Å². The number of rotatable bonds is 5. The molecule has 0 spiro atoms. The molecule has 0 aliphatic carbocycles. The first kappa shape index (κ1) is 19.8. The van der Waals surface area contributed by atoms with Gasteiger partial charge in [-0.25, -0.2) is 8.42 Å². The normalized spacial score (nSPS) is 15.5. The zero-order chi connectivity index (χ0) is 19.4. The molecule has 1 N–H and O–H groups in total. The van der Waals surface area contributed by atoms with Crippen molar-refractivity contribution in [1.29, 1.82) is 0 Å². The van der Waals surface area contributed by atoms with Crippen LogP contribution in [0.3, 0.4) is 0 Å². The van der Waals surface area contributed by atoms with Crippen LogP contribution in [-0.4, -0.2) is 62.2 Å². The van der Waals surface area contributed by atoms with E-state index in [0.717, 1.165) is 0 Å². The van der Waals surface area contributed by atoms with E-state index in [-0.39, 0.29) is 38.6 Å². The third kappa shape index (κ3) is 4.49.